The fourth-order valence-electron chi connectivity index (χ4n) is 3.94. The Bertz CT molecular complexity index is 960. The molecule has 4 rings (SSSR count). The molecule has 1 N–H and O–H groups in total. The summed E-state index contributed by atoms with van der Waals surface area (Å²) in [7, 11) is 0. The highest BCUT2D eigenvalue weighted by Crippen LogP contribution is 2.17. The zero-order chi connectivity index (χ0) is 24.2. The standard InChI is InChI=1S/C23H28N4O.C2H2O4/c28-23-13-7-12-22(20-8-3-1-4-9-20)24-27(23)19-16-25-14-17-26(18-15-25)21-10-5-2-6-11-21;3-1-6-2(4)5/h1-6,8-11H,7,12-19H2;1H,(H,4,5). The highest BCUT2D eigenvalue weighted by molar-refractivity contribution is 6.01. The second-order valence-corrected chi connectivity index (χ2v) is 7.93. The van der Waals surface area contributed by atoms with Crippen LogP contribution in [-0.4, -0.2) is 78.5 Å². The monoisotopic (exact) mass is 466 g/mol. The summed E-state index contributed by atoms with van der Waals surface area (Å²) in [5.74, 6) is 0.147. The normalized spacial score (nSPS) is 16.6. The molecule has 0 saturated carbocycles. The van der Waals surface area contributed by atoms with Crippen LogP contribution in [0.3, 0.4) is 0 Å². The third kappa shape index (κ3) is 7.70. The molecule has 2 aromatic carbocycles. The smallest absolute Gasteiger partial charge is 0.449 e. The summed E-state index contributed by atoms with van der Waals surface area (Å²) >= 11 is 0. The van der Waals surface area contributed by atoms with Gasteiger partial charge in [-0.15, -0.1) is 0 Å². The van der Waals surface area contributed by atoms with E-state index < -0.39 is 6.16 Å². The van der Waals surface area contributed by atoms with E-state index in [9.17, 15) is 4.79 Å². The molecule has 0 aliphatic carbocycles. The van der Waals surface area contributed by atoms with Crippen molar-refractivity contribution in [3.8, 4) is 0 Å². The molecule has 0 spiro atoms. The number of piperazine rings is 1. The molecule has 34 heavy (non-hydrogen) atoms. The number of hydrogen-bond donors (Lipinski definition) is 1. The van der Waals surface area contributed by atoms with Crippen LogP contribution in [0.2, 0.25) is 0 Å². The van der Waals surface area contributed by atoms with Crippen molar-refractivity contribution >= 4 is 29.9 Å². The Balaban J connectivity index is 0.000000481. The molecule has 1 amide bonds. The Morgan fingerprint density at radius 1 is 0.941 bits per heavy atom. The predicted octanol–water partition coefficient (Wildman–Crippen LogP) is 3.06. The SMILES string of the molecule is O=C1CCCC(c2ccccc2)=NN1CCN1CCN(c2ccccc2)CC1.O=COC(=O)O. The lowest BCUT2D eigenvalue weighted by molar-refractivity contribution is -0.131. The predicted molar refractivity (Wildman–Crippen MR) is 129 cm³/mol. The second kappa shape index (κ2) is 13.1. The first-order valence-electron chi connectivity index (χ1n) is 11.4. The maximum Gasteiger partial charge on any atom is 0.513 e. The van der Waals surface area contributed by atoms with Gasteiger partial charge in [-0.2, -0.15) is 5.10 Å². The Labute approximate surface area is 199 Å². The molecule has 0 radical (unpaired) electrons. The van der Waals surface area contributed by atoms with Crippen molar-refractivity contribution in [3.63, 3.8) is 0 Å². The minimum Gasteiger partial charge on any atom is -0.449 e. The fraction of sp³-hybridized carbons (Fsp3) is 0.360. The number of para-hydroxylation sites is 1. The first-order valence-corrected chi connectivity index (χ1v) is 11.4. The van der Waals surface area contributed by atoms with E-state index in [1.54, 1.807) is 5.01 Å². The Morgan fingerprint density at radius 3 is 2.18 bits per heavy atom. The first-order chi connectivity index (χ1) is 16.6. The van der Waals surface area contributed by atoms with Crippen LogP contribution in [0.1, 0.15) is 24.8 Å². The number of benzene rings is 2. The molecular weight excluding hydrogens is 436 g/mol. The van der Waals surface area contributed by atoms with Crippen molar-refractivity contribution in [1.29, 1.82) is 0 Å². The van der Waals surface area contributed by atoms with Gasteiger partial charge < -0.3 is 14.7 Å². The largest absolute Gasteiger partial charge is 0.513 e. The van der Waals surface area contributed by atoms with Crippen LogP contribution in [0.25, 0.3) is 0 Å². The van der Waals surface area contributed by atoms with E-state index >= 15 is 0 Å². The number of anilines is 1. The molecule has 2 heterocycles. The van der Waals surface area contributed by atoms with Crippen molar-refractivity contribution in [2.24, 2.45) is 5.10 Å². The van der Waals surface area contributed by atoms with Crippen LogP contribution in [0.5, 0.6) is 0 Å². The number of hydrazone groups is 1. The lowest BCUT2D eigenvalue weighted by atomic mass is 10.1. The lowest BCUT2D eigenvalue weighted by Crippen LogP contribution is -2.48. The van der Waals surface area contributed by atoms with Gasteiger partial charge in [0.15, 0.2) is 0 Å². The van der Waals surface area contributed by atoms with Crippen molar-refractivity contribution in [3.05, 3.63) is 66.2 Å². The van der Waals surface area contributed by atoms with E-state index in [1.165, 1.54) is 5.69 Å². The van der Waals surface area contributed by atoms with Crippen LogP contribution >= 0.6 is 0 Å². The third-order valence-electron chi connectivity index (χ3n) is 5.71. The van der Waals surface area contributed by atoms with E-state index in [0.29, 0.717) is 13.0 Å². The molecule has 2 aromatic rings. The molecule has 1 saturated heterocycles. The van der Waals surface area contributed by atoms with Crippen molar-refractivity contribution < 1.29 is 24.2 Å². The summed E-state index contributed by atoms with van der Waals surface area (Å²) in [6.07, 6.45) is 0.743. The highest BCUT2D eigenvalue weighted by atomic mass is 16.7. The van der Waals surface area contributed by atoms with Crippen molar-refractivity contribution in [1.82, 2.24) is 9.91 Å². The molecule has 2 aliphatic heterocycles. The number of hydrogen-bond acceptors (Lipinski definition) is 7. The van der Waals surface area contributed by atoms with Gasteiger partial charge in [0.2, 0.25) is 5.91 Å². The summed E-state index contributed by atoms with van der Waals surface area (Å²) in [6.45, 7) is 5.48. The zero-order valence-corrected chi connectivity index (χ0v) is 19.1. The molecule has 0 unspecified atom stereocenters. The minimum atomic E-state index is -1.58. The maximum absolute atomic E-state index is 12.5. The van der Waals surface area contributed by atoms with E-state index in [4.69, 9.17) is 19.8 Å². The number of ether oxygens (including phenoxy) is 1. The summed E-state index contributed by atoms with van der Waals surface area (Å²) in [4.78, 5) is 35.5. The summed E-state index contributed by atoms with van der Waals surface area (Å²) in [5.41, 5.74) is 3.45. The molecule has 9 nitrogen and oxygen atoms in total. The van der Waals surface area contributed by atoms with Crippen molar-refractivity contribution in [2.45, 2.75) is 19.3 Å². The van der Waals surface area contributed by atoms with Crippen molar-refractivity contribution in [2.75, 3.05) is 44.2 Å². The minimum absolute atomic E-state index is 0.147. The maximum atomic E-state index is 12.5. The lowest BCUT2D eigenvalue weighted by Gasteiger charge is -2.36. The average Bonchev–Trinajstić information content (AvgIpc) is 3.05. The average molecular weight is 467 g/mol. The Kier molecular flexibility index (Phi) is 9.60. The third-order valence-corrected chi connectivity index (χ3v) is 5.71. The fourth-order valence-corrected chi connectivity index (χ4v) is 3.94. The number of nitrogens with zero attached hydrogens (tertiary/aromatic N) is 4. The van der Waals surface area contributed by atoms with Gasteiger partial charge in [0.05, 0.1) is 12.3 Å². The molecule has 180 valence electrons. The van der Waals surface area contributed by atoms with Crippen LogP contribution in [0.15, 0.2) is 65.8 Å². The molecule has 0 atom stereocenters. The quantitative estimate of drug-likeness (QED) is 0.396. The molecule has 0 bridgehead atoms. The van der Waals surface area contributed by atoms with Gasteiger partial charge in [-0.3, -0.25) is 14.5 Å². The van der Waals surface area contributed by atoms with Gasteiger partial charge in [-0.1, -0.05) is 48.5 Å². The van der Waals surface area contributed by atoms with Crippen LogP contribution < -0.4 is 4.90 Å². The molecule has 9 heteroatoms. The topological polar surface area (TPSA) is 103 Å². The number of carboxylic acid groups (broad SMARTS) is 1. The molecule has 0 aromatic heterocycles. The van der Waals surface area contributed by atoms with Crippen LogP contribution in [-0.2, 0) is 14.3 Å². The van der Waals surface area contributed by atoms with E-state index in [2.05, 4.69) is 57.0 Å². The summed E-state index contributed by atoms with van der Waals surface area (Å²) in [6, 6.07) is 20.8. The van der Waals surface area contributed by atoms with E-state index in [0.717, 1.165) is 56.8 Å². The number of carbonyl (C=O) groups excluding carboxylic acids is 2. The molecular formula is C25H30N4O5. The zero-order valence-electron chi connectivity index (χ0n) is 19.1. The molecule has 2 aliphatic rings. The van der Waals surface area contributed by atoms with Gasteiger partial charge in [0, 0.05) is 44.8 Å². The van der Waals surface area contributed by atoms with Crippen LogP contribution in [0, 0.1) is 0 Å². The van der Waals surface area contributed by atoms with Gasteiger partial charge in [0.1, 0.15) is 0 Å². The number of amides is 1. The van der Waals surface area contributed by atoms with Gasteiger partial charge >= 0.3 is 12.6 Å². The highest BCUT2D eigenvalue weighted by Gasteiger charge is 2.22. The van der Waals surface area contributed by atoms with Gasteiger partial charge in [-0.25, -0.2) is 9.80 Å². The Hall–Kier alpha value is -3.72. The first kappa shape index (κ1) is 24.9. The van der Waals surface area contributed by atoms with E-state index in [1.807, 2.05) is 18.2 Å². The second-order valence-electron chi connectivity index (χ2n) is 7.93. The van der Waals surface area contributed by atoms with Gasteiger partial charge in [-0.05, 0) is 30.5 Å². The molecule has 1 fully saturated rings. The van der Waals surface area contributed by atoms with Gasteiger partial charge in [0.25, 0.3) is 0 Å². The summed E-state index contributed by atoms with van der Waals surface area (Å²) < 4.78 is 3.28. The number of carbonyl (C=O) groups is 3. The summed E-state index contributed by atoms with van der Waals surface area (Å²) in [5, 5.41) is 13.9. The van der Waals surface area contributed by atoms with Crippen LogP contribution in [0.4, 0.5) is 10.5 Å². The van der Waals surface area contributed by atoms with E-state index in [-0.39, 0.29) is 12.4 Å². The Morgan fingerprint density at radius 2 is 1.59 bits per heavy atom. The number of rotatable bonds is 6.